The molecule has 7 heteroatoms. The van der Waals surface area contributed by atoms with Gasteiger partial charge in [0.05, 0.1) is 11.1 Å². The van der Waals surface area contributed by atoms with Gasteiger partial charge < -0.3 is 14.8 Å². The molecular formula is C22H23ClFN3O2. The zero-order chi connectivity index (χ0) is 21.1. The molecule has 2 aromatic carbocycles. The number of hydrogen-bond donors (Lipinski definition) is 1. The lowest BCUT2D eigenvalue weighted by molar-refractivity contribution is 0.208. The molecular weight excluding hydrogens is 393 g/mol. The van der Waals surface area contributed by atoms with Crippen molar-refractivity contribution >= 4 is 34.1 Å². The van der Waals surface area contributed by atoms with Gasteiger partial charge in [-0.2, -0.15) is 0 Å². The van der Waals surface area contributed by atoms with E-state index in [0.29, 0.717) is 17.6 Å². The first kappa shape index (κ1) is 20.9. The molecule has 1 atom stereocenters. The highest BCUT2D eigenvalue weighted by Crippen LogP contribution is 2.27. The monoisotopic (exact) mass is 415 g/mol. The van der Waals surface area contributed by atoms with Gasteiger partial charge in [-0.05, 0) is 48.6 Å². The fraction of sp³-hybridized carbons (Fsp3) is 0.273. The lowest BCUT2D eigenvalue weighted by atomic mass is 10.0. The zero-order valence-corrected chi connectivity index (χ0v) is 17.3. The third-order valence-corrected chi connectivity index (χ3v) is 5.30. The summed E-state index contributed by atoms with van der Waals surface area (Å²) in [6.07, 6.45) is 2.66. The Morgan fingerprint density at radius 3 is 2.59 bits per heavy atom. The van der Waals surface area contributed by atoms with Crippen molar-refractivity contribution in [3.63, 3.8) is 0 Å². The molecule has 0 unspecified atom stereocenters. The van der Waals surface area contributed by atoms with E-state index in [1.807, 2.05) is 38.2 Å². The number of benzene rings is 2. The van der Waals surface area contributed by atoms with E-state index in [4.69, 9.17) is 11.6 Å². The molecule has 29 heavy (non-hydrogen) atoms. The lowest BCUT2D eigenvalue weighted by Crippen LogP contribution is -2.34. The highest BCUT2D eigenvalue weighted by molar-refractivity contribution is 6.31. The number of aromatic nitrogens is 1. The summed E-state index contributed by atoms with van der Waals surface area (Å²) >= 11 is 5.79. The van der Waals surface area contributed by atoms with Crippen LogP contribution in [0.1, 0.15) is 31.9 Å². The van der Waals surface area contributed by atoms with Crippen LogP contribution in [0.3, 0.4) is 0 Å². The minimum atomic E-state index is -0.545. The van der Waals surface area contributed by atoms with Crippen LogP contribution in [0.2, 0.25) is 5.02 Å². The number of rotatable bonds is 5. The molecule has 0 spiro atoms. The first-order valence-electron chi connectivity index (χ1n) is 9.44. The fourth-order valence-electron chi connectivity index (χ4n) is 3.28. The van der Waals surface area contributed by atoms with E-state index in [9.17, 15) is 14.0 Å². The van der Waals surface area contributed by atoms with Crippen molar-refractivity contribution in [1.82, 2.24) is 9.47 Å². The maximum Gasteiger partial charge on any atom is 0.322 e. The Morgan fingerprint density at radius 1 is 1.24 bits per heavy atom. The zero-order valence-electron chi connectivity index (χ0n) is 16.6. The molecule has 0 aliphatic carbocycles. The summed E-state index contributed by atoms with van der Waals surface area (Å²) < 4.78 is 15.0. The normalized spacial score (nSPS) is 12.0. The molecule has 152 valence electrons. The third kappa shape index (κ3) is 4.27. The van der Waals surface area contributed by atoms with Crippen molar-refractivity contribution in [2.45, 2.75) is 32.9 Å². The van der Waals surface area contributed by atoms with E-state index in [1.165, 1.54) is 18.2 Å². The number of halogens is 2. The minimum Gasteiger partial charge on any atom is -0.321 e. The van der Waals surface area contributed by atoms with Gasteiger partial charge in [0, 0.05) is 30.9 Å². The van der Waals surface area contributed by atoms with Crippen LogP contribution < -0.4 is 10.9 Å². The van der Waals surface area contributed by atoms with Crippen LogP contribution >= 0.6 is 11.6 Å². The molecule has 1 aromatic heterocycles. The quantitative estimate of drug-likeness (QED) is 0.604. The van der Waals surface area contributed by atoms with Gasteiger partial charge in [-0.3, -0.25) is 4.79 Å². The number of fused-ring (bicyclic) bond motifs is 1. The van der Waals surface area contributed by atoms with Crippen molar-refractivity contribution in [3.8, 4) is 0 Å². The maximum atomic E-state index is 13.3. The molecule has 1 heterocycles. The lowest BCUT2D eigenvalue weighted by Gasteiger charge is -2.27. The van der Waals surface area contributed by atoms with Crippen LogP contribution in [-0.2, 0) is 6.54 Å². The van der Waals surface area contributed by atoms with Gasteiger partial charge in [-0.15, -0.1) is 0 Å². The van der Waals surface area contributed by atoms with Crippen LogP contribution in [0.4, 0.5) is 14.9 Å². The summed E-state index contributed by atoms with van der Waals surface area (Å²) in [7, 11) is 1.68. The third-order valence-electron chi connectivity index (χ3n) is 5.01. The van der Waals surface area contributed by atoms with Crippen LogP contribution in [0.5, 0.6) is 0 Å². The Balaban J connectivity index is 1.94. The molecule has 0 fully saturated rings. The Hall–Kier alpha value is -2.86. The largest absolute Gasteiger partial charge is 0.322 e. The second kappa shape index (κ2) is 8.66. The van der Waals surface area contributed by atoms with Crippen molar-refractivity contribution in [1.29, 1.82) is 0 Å². The number of carbonyl (C=O) groups is 1. The number of pyridine rings is 1. The highest BCUT2D eigenvalue weighted by atomic mass is 35.5. The summed E-state index contributed by atoms with van der Waals surface area (Å²) in [4.78, 5) is 27.0. The smallest absolute Gasteiger partial charge is 0.321 e. The Bertz CT molecular complexity index is 1110. The Kier molecular flexibility index (Phi) is 6.23. The molecule has 0 saturated heterocycles. The average molecular weight is 416 g/mol. The van der Waals surface area contributed by atoms with E-state index in [-0.39, 0.29) is 22.7 Å². The number of hydrogen-bond acceptors (Lipinski definition) is 2. The summed E-state index contributed by atoms with van der Waals surface area (Å²) in [6, 6.07) is 10.8. The SMILES string of the molecule is CCCn1cc([C@H](C)N(C)C(=O)Nc2ccc(F)c(Cl)c2)c2ccccc2c1=O. The van der Waals surface area contributed by atoms with Gasteiger partial charge in [0.1, 0.15) is 5.82 Å². The van der Waals surface area contributed by atoms with Crippen LogP contribution in [0, 0.1) is 5.82 Å². The molecule has 0 bridgehead atoms. The number of anilines is 1. The number of nitrogens with one attached hydrogen (secondary N) is 1. The molecule has 0 aliphatic heterocycles. The molecule has 5 nitrogen and oxygen atoms in total. The van der Waals surface area contributed by atoms with E-state index in [2.05, 4.69) is 5.32 Å². The van der Waals surface area contributed by atoms with Gasteiger partial charge in [0.15, 0.2) is 0 Å². The van der Waals surface area contributed by atoms with Gasteiger partial charge in [0.2, 0.25) is 0 Å². The molecule has 3 rings (SSSR count). The van der Waals surface area contributed by atoms with E-state index >= 15 is 0 Å². The summed E-state index contributed by atoms with van der Waals surface area (Å²) in [5.41, 5.74) is 1.25. The molecule has 1 N–H and O–H groups in total. The summed E-state index contributed by atoms with van der Waals surface area (Å²) in [6.45, 7) is 4.52. The van der Waals surface area contributed by atoms with E-state index < -0.39 is 5.82 Å². The first-order chi connectivity index (χ1) is 13.8. The summed E-state index contributed by atoms with van der Waals surface area (Å²) in [5, 5.41) is 4.12. The van der Waals surface area contributed by atoms with Gasteiger partial charge >= 0.3 is 6.03 Å². The number of urea groups is 1. The van der Waals surface area contributed by atoms with Crippen molar-refractivity contribution < 1.29 is 9.18 Å². The van der Waals surface area contributed by atoms with Crippen LogP contribution in [-0.4, -0.2) is 22.5 Å². The first-order valence-corrected chi connectivity index (χ1v) is 9.82. The van der Waals surface area contributed by atoms with Gasteiger partial charge in [-0.25, -0.2) is 9.18 Å². The molecule has 3 aromatic rings. The predicted molar refractivity (Wildman–Crippen MR) is 115 cm³/mol. The second-order valence-corrected chi connectivity index (χ2v) is 7.38. The number of aryl methyl sites for hydroxylation is 1. The average Bonchev–Trinajstić information content (AvgIpc) is 2.72. The van der Waals surface area contributed by atoms with Gasteiger partial charge in [-0.1, -0.05) is 36.7 Å². The Morgan fingerprint density at radius 2 is 1.93 bits per heavy atom. The fourth-order valence-corrected chi connectivity index (χ4v) is 3.46. The predicted octanol–water partition coefficient (Wildman–Crippen LogP) is 5.43. The maximum absolute atomic E-state index is 13.3. The standard InChI is InChI=1S/C22H23ClFN3O2/c1-4-11-27-13-18(16-7-5-6-8-17(16)21(27)28)14(2)26(3)22(29)25-15-9-10-20(24)19(23)12-15/h5-10,12-14H,4,11H2,1-3H3,(H,25,29)/t14-/m0/s1. The van der Waals surface area contributed by atoms with Crippen LogP contribution in [0.25, 0.3) is 10.8 Å². The molecule has 0 radical (unpaired) electrons. The van der Waals surface area contributed by atoms with E-state index in [0.717, 1.165) is 17.4 Å². The van der Waals surface area contributed by atoms with Gasteiger partial charge in [0.25, 0.3) is 5.56 Å². The van der Waals surface area contributed by atoms with Crippen molar-refractivity contribution in [2.75, 3.05) is 12.4 Å². The highest BCUT2D eigenvalue weighted by Gasteiger charge is 2.21. The van der Waals surface area contributed by atoms with Crippen molar-refractivity contribution in [3.05, 3.63) is 75.4 Å². The number of nitrogens with zero attached hydrogens (tertiary/aromatic N) is 2. The molecule has 0 saturated carbocycles. The summed E-state index contributed by atoms with van der Waals surface area (Å²) in [5.74, 6) is -0.545. The van der Waals surface area contributed by atoms with Crippen molar-refractivity contribution in [2.24, 2.45) is 0 Å². The van der Waals surface area contributed by atoms with E-state index in [1.54, 1.807) is 22.6 Å². The Labute approximate surface area is 173 Å². The topological polar surface area (TPSA) is 54.3 Å². The number of carbonyl (C=O) groups excluding carboxylic acids is 1. The molecule has 2 amide bonds. The van der Waals surface area contributed by atoms with Crippen LogP contribution in [0.15, 0.2) is 53.5 Å². The minimum absolute atomic E-state index is 0.0357. The second-order valence-electron chi connectivity index (χ2n) is 6.97. The molecule has 0 aliphatic rings. The number of amides is 2.